The number of nitrogens with one attached hydrogen (secondary N) is 11. The molecule has 0 saturated carbocycles. The van der Waals surface area contributed by atoms with Crippen molar-refractivity contribution in [1.29, 1.82) is 0 Å². The zero-order valence-corrected chi connectivity index (χ0v) is 36.6. The van der Waals surface area contributed by atoms with Crippen LogP contribution in [-0.2, 0) is 0 Å². The van der Waals surface area contributed by atoms with Crippen LogP contribution in [0.15, 0.2) is 88.8 Å². The van der Waals surface area contributed by atoms with Gasteiger partial charge in [0.1, 0.15) is 29.2 Å². The van der Waals surface area contributed by atoms with E-state index in [1.54, 1.807) is 22.4 Å². The Balaban J connectivity index is -0.000000694. The van der Waals surface area contributed by atoms with E-state index in [2.05, 4.69) is 140 Å². The van der Waals surface area contributed by atoms with Gasteiger partial charge in [0.05, 0.1) is 0 Å². The molecule has 0 radical (unpaired) electrons. The van der Waals surface area contributed by atoms with Crippen LogP contribution >= 0.6 is 0 Å². The summed E-state index contributed by atoms with van der Waals surface area (Å²) >= 11 is 0. The second-order valence-electron chi connectivity index (χ2n) is 14.3. The van der Waals surface area contributed by atoms with Crippen LogP contribution in [0.3, 0.4) is 0 Å². The maximum absolute atomic E-state index is 5.66. The molecule has 5 aliphatic heterocycles. The van der Waals surface area contributed by atoms with Gasteiger partial charge in [-0.1, -0.05) is 73.4 Å². The normalized spacial score (nSPS) is 17.9. The smallest absolute Gasteiger partial charge is 0.141 e. The molecular weight excluding hydrogens is 789 g/mol. The van der Waals surface area contributed by atoms with Gasteiger partial charge in [0.25, 0.3) is 0 Å². The summed E-state index contributed by atoms with van der Waals surface area (Å²) in [5.74, 6) is 6.54. The first kappa shape index (κ1) is 61.1. The van der Waals surface area contributed by atoms with Gasteiger partial charge >= 0.3 is 0 Å². The Morgan fingerprint density at radius 2 is 0.871 bits per heavy atom. The van der Waals surface area contributed by atoms with Gasteiger partial charge in [0, 0.05) is 72.4 Å². The average molecular weight is 877 g/mol. The molecule has 22 heteroatoms. The second-order valence-corrected chi connectivity index (χ2v) is 14.3. The minimum atomic E-state index is 0. The quantitative estimate of drug-likeness (QED) is 0.0784. The number of allylic oxidation sites excluding steroid dienone is 3. The molecule has 5 unspecified atom stereocenters. The first-order valence-corrected chi connectivity index (χ1v) is 20.0. The molecule has 358 valence electrons. The molecule has 5 atom stereocenters. The lowest BCUT2D eigenvalue weighted by atomic mass is 10.1. The van der Waals surface area contributed by atoms with Crippen LogP contribution in [0.25, 0.3) is 0 Å². The van der Waals surface area contributed by atoms with Gasteiger partial charge < -0.3 is 11.5 Å². The highest BCUT2D eigenvalue weighted by atomic mass is 15.9. The summed E-state index contributed by atoms with van der Waals surface area (Å²) in [6.07, 6.45) is 19.0. The van der Waals surface area contributed by atoms with Crippen LogP contribution in [0, 0.1) is 17.8 Å². The third-order valence-corrected chi connectivity index (χ3v) is 9.02. The van der Waals surface area contributed by atoms with Gasteiger partial charge in [-0.15, -0.1) is 85.2 Å². The van der Waals surface area contributed by atoms with Crippen molar-refractivity contribution in [2.75, 3.05) is 28.2 Å². The topological polar surface area (TPSA) is 259 Å². The monoisotopic (exact) mass is 877 g/mol. The molecule has 5 heterocycles. The van der Waals surface area contributed by atoms with E-state index in [0.29, 0.717) is 17.8 Å². The Labute approximate surface area is 374 Å². The average Bonchev–Trinajstić information content (AvgIpc) is 4.12. The van der Waals surface area contributed by atoms with E-state index in [9.17, 15) is 0 Å². The molecule has 0 saturated heterocycles. The largest absolute Gasteiger partial charge is 0.324 e. The summed E-state index contributed by atoms with van der Waals surface area (Å²) in [4.78, 5) is 0. The fourth-order valence-electron chi connectivity index (χ4n) is 4.65. The predicted octanol–water partition coefficient (Wildman–Crippen LogP) is 3.23. The van der Waals surface area contributed by atoms with Gasteiger partial charge in [0.15, 0.2) is 0 Å². The third-order valence-electron chi connectivity index (χ3n) is 9.02. The first-order valence-electron chi connectivity index (χ1n) is 20.0. The predicted molar refractivity (Wildman–Crippen MR) is 264 cm³/mol. The summed E-state index contributed by atoms with van der Waals surface area (Å²) in [5.41, 5.74) is 42.2. The van der Waals surface area contributed by atoms with E-state index in [1.165, 1.54) is 0 Å². The number of amidine groups is 5. The molecule has 5 aliphatic rings. The standard InChI is InChI=1S/2C8H16N4.2C7H15N5.C7H14N4.3CH4/c1-4-7(2)5-6-8-9-10-11-12(8)3;1-4-7(2)5-6-8-9-11-12(3)10-8;1-3-6(8)4-5-7-9-10-11-12(7)2;1-3-6(8)4-5-7-9-11-12(2)10-7;1-3-6(2)4-5-7-8-10-11-9-7;;;/h4,7,10-11H,1,5-6H2,2-3H3;4,7,11H,1,5-6H2,2-3H3,(H,9,10);3,6,10-11H,1,4-5,8H2,2H3;3,6,11H,1,4-5,8H2,2H3,(H,9,10);3,6,10-11H,1,4-5H2,2H3,(H,8,9);3*1H4. The summed E-state index contributed by atoms with van der Waals surface area (Å²) < 4.78 is 0. The summed E-state index contributed by atoms with van der Waals surface area (Å²) in [7, 11) is 7.58. The van der Waals surface area contributed by atoms with Crippen LogP contribution in [-0.4, -0.2) is 89.7 Å². The van der Waals surface area contributed by atoms with E-state index in [-0.39, 0.29) is 34.4 Å². The van der Waals surface area contributed by atoms with Crippen molar-refractivity contribution in [3.8, 4) is 0 Å². The van der Waals surface area contributed by atoms with Crippen molar-refractivity contribution >= 4 is 29.2 Å². The maximum atomic E-state index is 5.66. The molecule has 0 bridgehead atoms. The van der Waals surface area contributed by atoms with Crippen LogP contribution in [0.2, 0.25) is 0 Å². The van der Waals surface area contributed by atoms with Crippen molar-refractivity contribution in [2.45, 2.75) is 119 Å². The molecule has 22 nitrogen and oxygen atoms in total. The van der Waals surface area contributed by atoms with Crippen LogP contribution < -0.4 is 72.0 Å². The molecule has 0 spiro atoms. The van der Waals surface area contributed by atoms with E-state index in [1.807, 2.05) is 56.4 Å². The van der Waals surface area contributed by atoms with Gasteiger partial charge in [-0.05, 0) is 49.9 Å². The first-order chi connectivity index (χ1) is 28.2. The summed E-state index contributed by atoms with van der Waals surface area (Å²) in [6, 6.07) is 0.113. The Hall–Kier alpha value is -5.23. The Morgan fingerprint density at radius 3 is 1.19 bits per heavy atom. The lowest BCUT2D eigenvalue weighted by Gasteiger charge is -2.12. The molecule has 0 aliphatic carbocycles. The highest BCUT2D eigenvalue weighted by Gasteiger charge is 2.14. The fraction of sp³-hybridized carbons (Fsp3) is 0.625. The molecule has 0 aromatic rings. The van der Waals surface area contributed by atoms with Gasteiger partial charge in [0.2, 0.25) is 0 Å². The molecule has 0 aromatic carbocycles. The van der Waals surface area contributed by atoms with E-state index >= 15 is 0 Å². The van der Waals surface area contributed by atoms with E-state index in [4.69, 9.17) is 11.5 Å². The van der Waals surface area contributed by atoms with Crippen LogP contribution in [0.5, 0.6) is 0 Å². The van der Waals surface area contributed by atoms with Crippen molar-refractivity contribution in [1.82, 2.24) is 80.8 Å². The van der Waals surface area contributed by atoms with Crippen molar-refractivity contribution < 1.29 is 0 Å². The lowest BCUT2D eigenvalue weighted by molar-refractivity contribution is 0.231. The van der Waals surface area contributed by atoms with Gasteiger partial charge in [-0.2, -0.15) is 0 Å². The Bertz CT molecular complexity index is 1310. The molecule has 15 N–H and O–H groups in total. The zero-order valence-electron chi connectivity index (χ0n) is 36.6. The highest BCUT2D eigenvalue weighted by Crippen LogP contribution is 2.09. The molecule has 0 fully saturated rings. The highest BCUT2D eigenvalue weighted by molar-refractivity contribution is 5.83. The number of hydrazone groups is 5. The number of hydrogen-bond acceptors (Lipinski definition) is 22. The molecule has 5 rings (SSSR count). The number of rotatable bonds is 20. The molecule has 62 heavy (non-hydrogen) atoms. The van der Waals surface area contributed by atoms with Crippen LogP contribution in [0.4, 0.5) is 0 Å². The van der Waals surface area contributed by atoms with Crippen LogP contribution in [0.1, 0.15) is 107 Å². The minimum absolute atomic E-state index is 0. The summed E-state index contributed by atoms with van der Waals surface area (Å²) in [5, 5.41) is 27.3. The minimum Gasteiger partial charge on any atom is -0.324 e. The van der Waals surface area contributed by atoms with Crippen molar-refractivity contribution in [3.63, 3.8) is 0 Å². The van der Waals surface area contributed by atoms with E-state index in [0.717, 1.165) is 93.4 Å². The Morgan fingerprint density at radius 1 is 0.500 bits per heavy atom. The Kier molecular flexibility index (Phi) is 35.9. The molecule has 0 aromatic heterocycles. The van der Waals surface area contributed by atoms with E-state index < -0.39 is 0 Å². The van der Waals surface area contributed by atoms with Gasteiger partial charge in [-0.25, -0.2) is 27.7 Å². The van der Waals surface area contributed by atoms with Crippen molar-refractivity contribution in [2.24, 2.45) is 54.7 Å². The SMILES string of the molecule is C.C.C.C=CC(C)CCC1=NNN(C)N1.C=CC(C)CCC1=NNNN1.C=CC(C)CCC1=NNNN1C.C=CC(N)CCC1=NNN(C)N1.C=CC(N)CCC1=NNNN1C. The third kappa shape index (κ3) is 28.3. The maximum Gasteiger partial charge on any atom is 0.141 e. The summed E-state index contributed by atoms with van der Waals surface area (Å²) in [6.45, 7) is 24.9. The number of hydrogen-bond donors (Lipinski definition) is 13. The number of hydrazine groups is 10. The number of nitrogens with two attached hydrogens (primary N) is 2. The zero-order chi connectivity index (χ0) is 44.0. The lowest BCUT2D eigenvalue weighted by Crippen LogP contribution is -2.37. The number of nitrogens with zero attached hydrogens (tertiary/aromatic N) is 9. The molecular formula is C40H88N22. The van der Waals surface area contributed by atoms with Gasteiger partial charge in [-0.3, -0.25) is 26.3 Å². The van der Waals surface area contributed by atoms with Crippen molar-refractivity contribution in [3.05, 3.63) is 63.3 Å². The fourth-order valence-corrected chi connectivity index (χ4v) is 4.65. The molecule has 0 amide bonds. The second kappa shape index (κ2) is 36.4.